The average Bonchev–Trinajstić information content (AvgIpc) is 3.39. The lowest BCUT2D eigenvalue weighted by molar-refractivity contribution is 0.0945. The quantitative estimate of drug-likeness (QED) is 0.293. The predicted octanol–water partition coefficient (Wildman–Crippen LogP) is 2.60. The summed E-state index contributed by atoms with van der Waals surface area (Å²) in [5.41, 5.74) is 9.58. The highest BCUT2D eigenvalue weighted by Crippen LogP contribution is 2.32. The summed E-state index contributed by atoms with van der Waals surface area (Å²) in [6.45, 7) is 3.46. The van der Waals surface area contributed by atoms with Gasteiger partial charge in [0.1, 0.15) is 5.75 Å². The van der Waals surface area contributed by atoms with Crippen molar-refractivity contribution in [2.45, 2.75) is 38.8 Å². The summed E-state index contributed by atoms with van der Waals surface area (Å²) in [4.78, 5) is 15.2. The third-order valence-electron chi connectivity index (χ3n) is 5.39. The molecule has 3 heterocycles. The minimum absolute atomic E-state index is 0.0429. The number of halogens is 2. The number of carbonyl (C=O) groups is 1. The van der Waals surface area contributed by atoms with Crippen LogP contribution in [-0.4, -0.2) is 60.0 Å². The highest BCUT2D eigenvalue weighted by Gasteiger charge is 2.28. The fourth-order valence-corrected chi connectivity index (χ4v) is 4.81. The largest absolute Gasteiger partial charge is 0.506 e. The first-order valence-electron chi connectivity index (χ1n) is 10.1. The number of aromatic hydroxyl groups is 1. The molecule has 12 nitrogen and oxygen atoms in total. The number of nitrogen functional groups attached to an aromatic ring is 1. The maximum absolute atomic E-state index is 12.9. The number of aromatic nitrogens is 5. The van der Waals surface area contributed by atoms with Crippen LogP contribution in [0.25, 0.3) is 5.82 Å². The molecule has 174 valence electrons. The zero-order chi connectivity index (χ0) is 23.5. The minimum Gasteiger partial charge on any atom is -0.506 e. The number of hydrazone groups is 1. The normalized spacial score (nSPS) is 17.0. The van der Waals surface area contributed by atoms with Gasteiger partial charge in [-0.1, -0.05) is 11.6 Å². The van der Waals surface area contributed by atoms with E-state index < -0.39 is 5.91 Å². The molecule has 0 bridgehead atoms. The van der Waals surface area contributed by atoms with Gasteiger partial charge in [-0.3, -0.25) is 9.69 Å². The summed E-state index contributed by atoms with van der Waals surface area (Å²) in [5.74, 6) is -0.250. The van der Waals surface area contributed by atoms with E-state index in [1.807, 2.05) is 0 Å². The summed E-state index contributed by atoms with van der Waals surface area (Å²) in [6.07, 6.45) is 4.76. The van der Waals surface area contributed by atoms with E-state index in [1.54, 1.807) is 12.1 Å². The van der Waals surface area contributed by atoms with Crippen molar-refractivity contribution < 1.29 is 14.5 Å². The summed E-state index contributed by atoms with van der Waals surface area (Å²) in [5, 5.41) is 29.4. The number of carbonyl (C=O) groups excluding carboxylic acids is 1. The standard InChI is InChI=1S/C19H21Br2N9O3/c1-10-4-2-3-5-29(10)9-14-15(24-28-30(14)18-17(22)26-33-27-18)19(32)25-23-8-11-6-12(20)16(31)13(21)7-11/h6-8,10,31H,2-5,9H2,1H3,(H2,22,26)(H,25,32)/b23-8+. The maximum Gasteiger partial charge on any atom is 0.293 e. The number of rotatable bonds is 6. The Labute approximate surface area is 205 Å². The Balaban J connectivity index is 1.59. The van der Waals surface area contributed by atoms with Gasteiger partial charge in [0.05, 0.1) is 20.9 Å². The average molecular weight is 583 g/mol. The molecule has 1 aliphatic rings. The first kappa shape index (κ1) is 23.3. The van der Waals surface area contributed by atoms with Gasteiger partial charge < -0.3 is 10.8 Å². The summed E-state index contributed by atoms with van der Waals surface area (Å²) in [6, 6.07) is 3.67. The number of anilines is 1. The number of nitrogens with zero attached hydrogens (tertiary/aromatic N) is 7. The van der Waals surface area contributed by atoms with Crippen molar-refractivity contribution in [3.63, 3.8) is 0 Å². The molecule has 4 N–H and O–H groups in total. The van der Waals surface area contributed by atoms with Gasteiger partial charge >= 0.3 is 0 Å². The number of hydrogen-bond acceptors (Lipinski definition) is 10. The Morgan fingerprint density at radius 2 is 2.12 bits per heavy atom. The van der Waals surface area contributed by atoms with Crippen molar-refractivity contribution in [1.29, 1.82) is 0 Å². The molecule has 1 aliphatic heterocycles. The zero-order valence-electron chi connectivity index (χ0n) is 17.6. The van der Waals surface area contributed by atoms with Crippen LogP contribution in [0.5, 0.6) is 5.75 Å². The van der Waals surface area contributed by atoms with Gasteiger partial charge in [0, 0.05) is 12.6 Å². The van der Waals surface area contributed by atoms with Crippen LogP contribution in [0.15, 0.2) is 30.8 Å². The van der Waals surface area contributed by atoms with Gasteiger partial charge in [0.2, 0.25) is 11.6 Å². The topological polar surface area (TPSA) is 161 Å². The molecule has 0 spiro atoms. The van der Waals surface area contributed by atoms with E-state index in [2.05, 4.69) is 74.8 Å². The summed E-state index contributed by atoms with van der Waals surface area (Å²) >= 11 is 6.52. The fraction of sp³-hybridized carbons (Fsp3) is 0.368. The Morgan fingerprint density at radius 1 is 1.36 bits per heavy atom. The molecule has 33 heavy (non-hydrogen) atoms. The number of benzene rings is 1. The number of amides is 1. The number of likely N-dealkylation sites (tertiary alicyclic amines) is 1. The van der Waals surface area contributed by atoms with Crippen molar-refractivity contribution in [3.05, 3.63) is 38.0 Å². The molecule has 1 fully saturated rings. The first-order chi connectivity index (χ1) is 15.8. The highest BCUT2D eigenvalue weighted by molar-refractivity contribution is 9.11. The van der Waals surface area contributed by atoms with Crippen LogP contribution in [0.4, 0.5) is 5.82 Å². The molecular formula is C19H21Br2N9O3. The number of hydrogen-bond donors (Lipinski definition) is 3. The molecule has 1 atom stereocenters. The highest BCUT2D eigenvalue weighted by atomic mass is 79.9. The molecule has 0 aliphatic carbocycles. The smallest absolute Gasteiger partial charge is 0.293 e. The third-order valence-corrected chi connectivity index (χ3v) is 6.60. The van der Waals surface area contributed by atoms with E-state index in [-0.39, 0.29) is 23.1 Å². The molecule has 2 aromatic heterocycles. The van der Waals surface area contributed by atoms with Gasteiger partial charge in [0.25, 0.3) is 5.91 Å². The molecule has 0 saturated carbocycles. The molecule has 3 aromatic rings. The fourth-order valence-electron chi connectivity index (χ4n) is 3.59. The third kappa shape index (κ3) is 5.07. The molecule has 1 aromatic carbocycles. The van der Waals surface area contributed by atoms with Crippen LogP contribution < -0.4 is 11.2 Å². The number of nitrogens with two attached hydrogens (primary N) is 1. The van der Waals surface area contributed by atoms with E-state index in [0.29, 0.717) is 32.8 Å². The van der Waals surface area contributed by atoms with Crippen molar-refractivity contribution in [1.82, 2.24) is 35.6 Å². The Bertz CT molecular complexity index is 1170. The van der Waals surface area contributed by atoms with Crippen LogP contribution in [0, 0.1) is 0 Å². The van der Waals surface area contributed by atoms with E-state index in [4.69, 9.17) is 10.4 Å². The number of piperidine rings is 1. The molecule has 1 amide bonds. The van der Waals surface area contributed by atoms with Crippen molar-refractivity contribution in [2.75, 3.05) is 12.3 Å². The van der Waals surface area contributed by atoms with Crippen molar-refractivity contribution in [3.8, 4) is 11.6 Å². The molecule has 1 saturated heterocycles. The maximum atomic E-state index is 12.9. The van der Waals surface area contributed by atoms with Crippen LogP contribution >= 0.6 is 31.9 Å². The monoisotopic (exact) mass is 581 g/mol. The van der Waals surface area contributed by atoms with Gasteiger partial charge in [0.15, 0.2) is 5.69 Å². The lowest BCUT2D eigenvalue weighted by atomic mass is 10.0. The molecule has 14 heteroatoms. The van der Waals surface area contributed by atoms with Crippen LogP contribution in [0.3, 0.4) is 0 Å². The van der Waals surface area contributed by atoms with Gasteiger partial charge in [-0.05, 0) is 86.2 Å². The molecule has 4 rings (SSSR count). The van der Waals surface area contributed by atoms with Gasteiger partial charge in [-0.25, -0.2) is 10.1 Å². The molecule has 1 unspecified atom stereocenters. The van der Waals surface area contributed by atoms with Crippen LogP contribution in [0.1, 0.15) is 47.9 Å². The van der Waals surface area contributed by atoms with Crippen molar-refractivity contribution in [2.24, 2.45) is 5.10 Å². The molecule has 0 radical (unpaired) electrons. The Kier molecular flexibility index (Phi) is 7.05. The predicted molar refractivity (Wildman–Crippen MR) is 126 cm³/mol. The lowest BCUT2D eigenvalue weighted by Gasteiger charge is -2.33. The number of phenols is 1. The number of phenolic OH excluding ortho intramolecular Hbond substituents is 1. The van der Waals surface area contributed by atoms with E-state index in [0.717, 1.165) is 19.4 Å². The zero-order valence-corrected chi connectivity index (χ0v) is 20.7. The number of nitrogens with one attached hydrogen (secondary N) is 1. The second-order valence-electron chi connectivity index (χ2n) is 7.62. The Morgan fingerprint density at radius 3 is 2.79 bits per heavy atom. The lowest BCUT2D eigenvalue weighted by Crippen LogP contribution is -2.38. The Hall–Kier alpha value is -2.84. The second kappa shape index (κ2) is 9.97. The molecular weight excluding hydrogens is 562 g/mol. The summed E-state index contributed by atoms with van der Waals surface area (Å²) in [7, 11) is 0. The van der Waals surface area contributed by atoms with E-state index >= 15 is 0 Å². The van der Waals surface area contributed by atoms with Crippen LogP contribution in [-0.2, 0) is 6.54 Å². The van der Waals surface area contributed by atoms with Gasteiger partial charge in [-0.15, -0.1) is 5.10 Å². The van der Waals surface area contributed by atoms with E-state index in [1.165, 1.54) is 17.3 Å². The SMILES string of the molecule is CC1CCCCN1Cc1c(C(=O)N/N=C/c2cc(Br)c(O)c(Br)c2)nnn1-c1nonc1N. The summed E-state index contributed by atoms with van der Waals surface area (Å²) < 4.78 is 7.06. The van der Waals surface area contributed by atoms with Crippen molar-refractivity contribution >= 4 is 49.8 Å². The second-order valence-corrected chi connectivity index (χ2v) is 9.33. The van der Waals surface area contributed by atoms with Crippen LogP contribution in [0.2, 0.25) is 0 Å². The minimum atomic E-state index is -0.538. The van der Waals surface area contributed by atoms with E-state index in [9.17, 15) is 9.90 Å². The first-order valence-corrected chi connectivity index (χ1v) is 11.7. The van der Waals surface area contributed by atoms with Gasteiger partial charge in [-0.2, -0.15) is 9.78 Å².